The van der Waals surface area contributed by atoms with Gasteiger partial charge in [0.15, 0.2) is 5.60 Å². The standard InChI is InChI=1S/C20H21NO5S/c1-10-6-7-14-13(8-10)9-20(4,26-17(14)22)19(24)21-16-15(18(23)25-5)11(2)12(3)27-16/h6-8H,9H2,1-5H3,(H,21,24). The molecule has 0 aliphatic carbocycles. The zero-order valence-electron chi connectivity index (χ0n) is 15.9. The Bertz CT molecular complexity index is 962. The molecule has 1 amide bonds. The number of methoxy groups -OCH3 is 1. The molecular formula is C20H21NO5S. The van der Waals surface area contributed by atoms with Crippen molar-refractivity contribution in [3.05, 3.63) is 50.9 Å². The van der Waals surface area contributed by atoms with E-state index >= 15 is 0 Å². The van der Waals surface area contributed by atoms with E-state index < -0.39 is 23.4 Å². The smallest absolute Gasteiger partial charge is 0.341 e. The molecule has 1 aliphatic rings. The van der Waals surface area contributed by atoms with Gasteiger partial charge in [-0.1, -0.05) is 17.7 Å². The Morgan fingerprint density at radius 1 is 1.26 bits per heavy atom. The summed E-state index contributed by atoms with van der Waals surface area (Å²) in [5.41, 5.74) is 1.98. The van der Waals surface area contributed by atoms with Gasteiger partial charge in [0.2, 0.25) is 0 Å². The summed E-state index contributed by atoms with van der Waals surface area (Å²) in [4.78, 5) is 38.4. The van der Waals surface area contributed by atoms with E-state index in [2.05, 4.69) is 5.32 Å². The molecule has 1 aromatic carbocycles. The monoisotopic (exact) mass is 387 g/mol. The lowest BCUT2D eigenvalue weighted by Gasteiger charge is -2.33. The molecule has 6 nitrogen and oxygen atoms in total. The summed E-state index contributed by atoms with van der Waals surface area (Å²) in [6.07, 6.45) is 0.262. The van der Waals surface area contributed by atoms with Gasteiger partial charge in [-0.15, -0.1) is 11.3 Å². The molecule has 1 unspecified atom stereocenters. The van der Waals surface area contributed by atoms with E-state index in [1.54, 1.807) is 19.9 Å². The Kier molecular flexibility index (Phi) is 4.82. The summed E-state index contributed by atoms with van der Waals surface area (Å²) in [5.74, 6) is -1.52. The number of aryl methyl sites for hydroxylation is 2. The van der Waals surface area contributed by atoms with Crippen LogP contribution in [0, 0.1) is 20.8 Å². The molecule has 27 heavy (non-hydrogen) atoms. The highest BCUT2D eigenvalue weighted by Gasteiger charge is 2.43. The summed E-state index contributed by atoms with van der Waals surface area (Å²) in [6, 6.07) is 5.44. The molecular weight excluding hydrogens is 366 g/mol. The minimum atomic E-state index is -1.36. The van der Waals surface area contributed by atoms with Crippen LogP contribution in [0.25, 0.3) is 0 Å². The van der Waals surface area contributed by atoms with E-state index in [1.165, 1.54) is 18.4 Å². The first-order valence-corrected chi connectivity index (χ1v) is 9.30. The maximum Gasteiger partial charge on any atom is 0.341 e. The fraction of sp³-hybridized carbons (Fsp3) is 0.350. The first-order valence-electron chi connectivity index (χ1n) is 8.49. The molecule has 2 aromatic rings. The minimum Gasteiger partial charge on any atom is -0.465 e. The molecule has 1 aromatic heterocycles. The van der Waals surface area contributed by atoms with Crippen LogP contribution in [0.15, 0.2) is 18.2 Å². The second kappa shape index (κ2) is 6.81. The molecule has 0 bridgehead atoms. The van der Waals surface area contributed by atoms with Gasteiger partial charge in [-0.25, -0.2) is 9.59 Å². The number of carbonyl (C=O) groups excluding carboxylic acids is 3. The third-order valence-corrected chi connectivity index (χ3v) is 5.93. The SMILES string of the molecule is COC(=O)c1c(NC(=O)C2(C)Cc3cc(C)ccc3C(=O)O2)sc(C)c1C. The van der Waals surface area contributed by atoms with Crippen LogP contribution in [-0.2, 0) is 20.7 Å². The summed E-state index contributed by atoms with van der Waals surface area (Å²) < 4.78 is 10.3. The quantitative estimate of drug-likeness (QED) is 0.814. The molecule has 0 spiro atoms. The van der Waals surface area contributed by atoms with Gasteiger partial charge in [0, 0.05) is 11.3 Å². The zero-order chi connectivity index (χ0) is 19.9. The molecule has 0 radical (unpaired) electrons. The van der Waals surface area contributed by atoms with Crippen molar-refractivity contribution in [2.75, 3.05) is 12.4 Å². The number of benzene rings is 1. The fourth-order valence-electron chi connectivity index (χ4n) is 3.15. The lowest BCUT2D eigenvalue weighted by molar-refractivity contribution is -0.134. The van der Waals surface area contributed by atoms with Gasteiger partial charge < -0.3 is 14.8 Å². The molecule has 142 valence electrons. The van der Waals surface area contributed by atoms with Crippen LogP contribution in [0.5, 0.6) is 0 Å². The second-order valence-electron chi connectivity index (χ2n) is 6.89. The highest BCUT2D eigenvalue weighted by atomic mass is 32.1. The van der Waals surface area contributed by atoms with E-state index in [0.29, 0.717) is 16.1 Å². The number of carbonyl (C=O) groups is 3. The molecule has 3 rings (SSSR count). The third-order valence-electron chi connectivity index (χ3n) is 4.81. The number of nitrogens with one attached hydrogen (secondary N) is 1. The summed E-state index contributed by atoms with van der Waals surface area (Å²) in [7, 11) is 1.30. The first kappa shape index (κ1) is 19.1. The largest absolute Gasteiger partial charge is 0.465 e. The average molecular weight is 387 g/mol. The van der Waals surface area contributed by atoms with Crippen molar-refractivity contribution >= 4 is 34.2 Å². The first-order chi connectivity index (χ1) is 12.7. The van der Waals surface area contributed by atoms with Crippen LogP contribution in [0.1, 0.15) is 49.2 Å². The Labute approximate surface area is 161 Å². The van der Waals surface area contributed by atoms with Gasteiger partial charge in [0.1, 0.15) is 5.00 Å². The molecule has 0 fully saturated rings. The normalized spacial score (nSPS) is 18.5. The Morgan fingerprint density at radius 2 is 1.96 bits per heavy atom. The van der Waals surface area contributed by atoms with Crippen LogP contribution < -0.4 is 5.32 Å². The van der Waals surface area contributed by atoms with E-state index in [4.69, 9.17) is 9.47 Å². The van der Waals surface area contributed by atoms with Gasteiger partial charge in [-0.3, -0.25) is 4.79 Å². The van der Waals surface area contributed by atoms with Crippen LogP contribution >= 0.6 is 11.3 Å². The topological polar surface area (TPSA) is 81.7 Å². The van der Waals surface area contributed by atoms with Gasteiger partial charge in [0.25, 0.3) is 5.91 Å². The van der Waals surface area contributed by atoms with Gasteiger partial charge in [-0.05, 0) is 44.9 Å². The van der Waals surface area contributed by atoms with E-state index in [9.17, 15) is 14.4 Å². The van der Waals surface area contributed by atoms with Crippen molar-refractivity contribution in [3.8, 4) is 0 Å². The number of cyclic esters (lactones) is 1. The van der Waals surface area contributed by atoms with E-state index in [0.717, 1.165) is 21.6 Å². The molecule has 1 aliphatic heterocycles. The van der Waals surface area contributed by atoms with Crippen molar-refractivity contribution in [1.29, 1.82) is 0 Å². The Hall–Kier alpha value is -2.67. The zero-order valence-corrected chi connectivity index (χ0v) is 16.7. The van der Waals surface area contributed by atoms with E-state index in [-0.39, 0.29) is 6.42 Å². The number of esters is 2. The molecule has 1 atom stereocenters. The van der Waals surface area contributed by atoms with Crippen LogP contribution in [0.4, 0.5) is 5.00 Å². The fourth-order valence-corrected chi connectivity index (χ4v) is 4.20. The molecule has 0 saturated carbocycles. The Balaban J connectivity index is 1.92. The summed E-state index contributed by atoms with van der Waals surface area (Å²) in [5, 5.41) is 3.16. The number of ether oxygens (including phenoxy) is 2. The van der Waals surface area contributed by atoms with Gasteiger partial charge >= 0.3 is 11.9 Å². The van der Waals surface area contributed by atoms with Crippen LogP contribution in [0.3, 0.4) is 0 Å². The molecule has 1 N–H and O–H groups in total. The lowest BCUT2D eigenvalue weighted by Crippen LogP contribution is -2.49. The maximum atomic E-state index is 13.0. The molecule has 0 saturated heterocycles. The predicted octanol–water partition coefficient (Wildman–Crippen LogP) is 3.57. The number of hydrogen-bond donors (Lipinski definition) is 1. The van der Waals surface area contributed by atoms with Crippen LogP contribution in [-0.4, -0.2) is 30.6 Å². The number of rotatable bonds is 3. The van der Waals surface area contributed by atoms with Crippen molar-refractivity contribution in [1.82, 2.24) is 0 Å². The van der Waals surface area contributed by atoms with Crippen LogP contribution in [0.2, 0.25) is 0 Å². The van der Waals surface area contributed by atoms with Gasteiger partial charge in [-0.2, -0.15) is 0 Å². The van der Waals surface area contributed by atoms with Crippen molar-refractivity contribution in [3.63, 3.8) is 0 Å². The molecule has 7 heteroatoms. The van der Waals surface area contributed by atoms with Crippen molar-refractivity contribution in [2.45, 2.75) is 39.7 Å². The minimum absolute atomic E-state index is 0.262. The number of anilines is 1. The maximum absolute atomic E-state index is 13.0. The highest BCUT2D eigenvalue weighted by Crippen LogP contribution is 2.35. The predicted molar refractivity (Wildman–Crippen MR) is 102 cm³/mol. The average Bonchev–Trinajstić information content (AvgIpc) is 2.87. The second-order valence-corrected chi connectivity index (χ2v) is 8.12. The summed E-state index contributed by atoms with van der Waals surface area (Å²) in [6.45, 7) is 7.17. The van der Waals surface area contributed by atoms with Gasteiger partial charge in [0.05, 0.1) is 18.2 Å². The number of amides is 1. The third kappa shape index (κ3) is 3.35. The summed E-state index contributed by atoms with van der Waals surface area (Å²) >= 11 is 1.29. The van der Waals surface area contributed by atoms with Crippen molar-refractivity contribution < 1.29 is 23.9 Å². The number of hydrogen-bond acceptors (Lipinski definition) is 6. The van der Waals surface area contributed by atoms with Crippen molar-refractivity contribution in [2.24, 2.45) is 0 Å². The Morgan fingerprint density at radius 3 is 2.63 bits per heavy atom. The number of fused-ring (bicyclic) bond motifs is 1. The number of thiophene rings is 1. The van der Waals surface area contributed by atoms with E-state index in [1.807, 2.05) is 26.0 Å². The molecule has 2 heterocycles. The highest BCUT2D eigenvalue weighted by molar-refractivity contribution is 7.16. The lowest BCUT2D eigenvalue weighted by atomic mass is 9.88.